The first-order chi connectivity index (χ1) is 7.96. The lowest BCUT2D eigenvalue weighted by Crippen LogP contribution is -2.34. The molecule has 1 aromatic rings. The van der Waals surface area contributed by atoms with Crippen LogP contribution in [0.1, 0.15) is 19.0 Å². The summed E-state index contributed by atoms with van der Waals surface area (Å²) in [6.45, 7) is 1.10. The summed E-state index contributed by atoms with van der Waals surface area (Å²) in [5.41, 5.74) is 0.570. The van der Waals surface area contributed by atoms with Crippen LogP contribution in [-0.2, 0) is 0 Å². The van der Waals surface area contributed by atoms with E-state index in [2.05, 4.69) is 4.98 Å². The van der Waals surface area contributed by atoms with Gasteiger partial charge in [-0.3, -0.25) is 0 Å². The standard InChI is InChI=1S/C11H12F3N3/c1-2-5-17(8-11(12,13)14)10-4-3-9(6-15)16-7-10/h3-4,7H,2,5,8H2,1H3. The molecule has 17 heavy (non-hydrogen) atoms. The summed E-state index contributed by atoms with van der Waals surface area (Å²) in [7, 11) is 0. The predicted octanol–water partition coefficient (Wildman–Crippen LogP) is 2.73. The zero-order valence-corrected chi connectivity index (χ0v) is 9.33. The van der Waals surface area contributed by atoms with Crippen LogP contribution in [0, 0.1) is 11.3 Å². The Labute approximate surface area is 97.5 Å². The highest BCUT2D eigenvalue weighted by Gasteiger charge is 2.30. The van der Waals surface area contributed by atoms with Crippen molar-refractivity contribution in [3.63, 3.8) is 0 Å². The predicted molar refractivity (Wildman–Crippen MR) is 57.5 cm³/mol. The topological polar surface area (TPSA) is 39.9 Å². The van der Waals surface area contributed by atoms with Crippen LogP contribution in [0.15, 0.2) is 18.3 Å². The van der Waals surface area contributed by atoms with Gasteiger partial charge < -0.3 is 4.90 Å². The first-order valence-corrected chi connectivity index (χ1v) is 5.14. The Morgan fingerprint density at radius 2 is 2.12 bits per heavy atom. The second-order valence-corrected chi connectivity index (χ2v) is 3.55. The number of rotatable bonds is 4. The molecular weight excluding hydrogens is 231 g/mol. The second kappa shape index (κ2) is 5.53. The van der Waals surface area contributed by atoms with Crippen molar-refractivity contribution in [1.29, 1.82) is 5.26 Å². The monoisotopic (exact) mass is 243 g/mol. The summed E-state index contributed by atoms with van der Waals surface area (Å²) >= 11 is 0. The highest BCUT2D eigenvalue weighted by molar-refractivity contribution is 5.46. The van der Waals surface area contributed by atoms with E-state index in [0.29, 0.717) is 18.7 Å². The summed E-state index contributed by atoms with van der Waals surface area (Å²) in [6.07, 6.45) is -2.35. The van der Waals surface area contributed by atoms with Gasteiger partial charge in [0.1, 0.15) is 18.3 Å². The van der Waals surface area contributed by atoms with Gasteiger partial charge in [-0.05, 0) is 18.6 Å². The molecule has 0 aliphatic carbocycles. The molecule has 92 valence electrons. The first-order valence-electron chi connectivity index (χ1n) is 5.14. The van der Waals surface area contributed by atoms with Crippen LogP contribution in [0.25, 0.3) is 0 Å². The molecule has 0 aliphatic rings. The van der Waals surface area contributed by atoms with E-state index >= 15 is 0 Å². The number of hydrogen-bond acceptors (Lipinski definition) is 3. The van der Waals surface area contributed by atoms with Gasteiger partial charge in [0.2, 0.25) is 0 Å². The minimum absolute atomic E-state index is 0.192. The van der Waals surface area contributed by atoms with Crippen molar-refractivity contribution in [3.05, 3.63) is 24.0 Å². The van der Waals surface area contributed by atoms with Crippen LogP contribution in [-0.4, -0.2) is 24.2 Å². The van der Waals surface area contributed by atoms with Crippen molar-refractivity contribution in [2.75, 3.05) is 18.0 Å². The van der Waals surface area contributed by atoms with E-state index in [4.69, 9.17) is 5.26 Å². The minimum Gasteiger partial charge on any atom is -0.361 e. The number of hydrogen-bond donors (Lipinski definition) is 0. The van der Waals surface area contributed by atoms with Crippen molar-refractivity contribution >= 4 is 5.69 Å². The van der Waals surface area contributed by atoms with E-state index in [1.54, 1.807) is 6.92 Å². The molecule has 0 atom stereocenters. The molecule has 0 saturated carbocycles. The van der Waals surface area contributed by atoms with Crippen LogP contribution in [0.5, 0.6) is 0 Å². The molecule has 0 N–H and O–H groups in total. The molecule has 1 aromatic heterocycles. The van der Waals surface area contributed by atoms with Gasteiger partial charge in [-0.1, -0.05) is 6.92 Å². The van der Waals surface area contributed by atoms with Gasteiger partial charge in [0, 0.05) is 6.54 Å². The SMILES string of the molecule is CCCN(CC(F)(F)F)c1ccc(C#N)nc1. The van der Waals surface area contributed by atoms with Crippen molar-refractivity contribution in [2.24, 2.45) is 0 Å². The smallest absolute Gasteiger partial charge is 0.361 e. The van der Waals surface area contributed by atoms with Crippen LogP contribution in [0.4, 0.5) is 18.9 Å². The molecule has 0 unspecified atom stereocenters. The lowest BCUT2D eigenvalue weighted by atomic mass is 10.3. The third-order valence-electron chi connectivity index (χ3n) is 2.09. The van der Waals surface area contributed by atoms with Gasteiger partial charge in [-0.15, -0.1) is 0 Å². The third kappa shape index (κ3) is 4.31. The maximum absolute atomic E-state index is 12.3. The number of alkyl halides is 3. The number of nitriles is 1. The number of halogens is 3. The molecule has 0 spiro atoms. The normalized spacial score (nSPS) is 11.0. The average Bonchev–Trinajstić information content (AvgIpc) is 2.27. The Bertz CT molecular complexity index is 392. The molecule has 0 radical (unpaired) electrons. The number of nitrogens with zero attached hydrogens (tertiary/aromatic N) is 3. The van der Waals surface area contributed by atoms with Gasteiger partial charge in [-0.25, -0.2) is 4.98 Å². The molecule has 6 heteroatoms. The molecule has 0 aromatic carbocycles. The minimum atomic E-state index is -4.25. The summed E-state index contributed by atoms with van der Waals surface area (Å²) < 4.78 is 37.0. The average molecular weight is 243 g/mol. The van der Waals surface area contributed by atoms with Crippen LogP contribution in [0.2, 0.25) is 0 Å². The maximum Gasteiger partial charge on any atom is 0.405 e. The van der Waals surface area contributed by atoms with Crippen molar-refractivity contribution in [3.8, 4) is 6.07 Å². The largest absolute Gasteiger partial charge is 0.405 e. The lowest BCUT2D eigenvalue weighted by Gasteiger charge is -2.25. The van der Waals surface area contributed by atoms with E-state index in [0.717, 1.165) is 0 Å². The molecular formula is C11H12F3N3. The summed E-state index contributed by atoms with van der Waals surface area (Å²) in [5, 5.41) is 8.55. The molecule has 1 heterocycles. The van der Waals surface area contributed by atoms with E-state index in [9.17, 15) is 13.2 Å². The molecule has 1 rings (SSSR count). The van der Waals surface area contributed by atoms with Crippen LogP contribution in [0.3, 0.4) is 0 Å². The van der Waals surface area contributed by atoms with Crippen molar-refractivity contribution < 1.29 is 13.2 Å². The molecule has 0 saturated heterocycles. The van der Waals surface area contributed by atoms with Crippen LogP contribution < -0.4 is 4.90 Å². The van der Waals surface area contributed by atoms with Crippen molar-refractivity contribution in [2.45, 2.75) is 19.5 Å². The quantitative estimate of drug-likeness (QED) is 0.816. The highest BCUT2D eigenvalue weighted by Crippen LogP contribution is 2.21. The van der Waals surface area contributed by atoms with Gasteiger partial charge >= 0.3 is 6.18 Å². The van der Waals surface area contributed by atoms with Crippen LogP contribution >= 0.6 is 0 Å². The Morgan fingerprint density at radius 3 is 2.53 bits per heavy atom. The highest BCUT2D eigenvalue weighted by atomic mass is 19.4. The van der Waals surface area contributed by atoms with Gasteiger partial charge in [0.25, 0.3) is 0 Å². The third-order valence-corrected chi connectivity index (χ3v) is 2.09. The zero-order chi connectivity index (χ0) is 12.9. The zero-order valence-electron chi connectivity index (χ0n) is 9.33. The summed E-state index contributed by atoms with van der Waals surface area (Å²) in [4.78, 5) is 4.96. The van der Waals surface area contributed by atoms with E-state index in [1.165, 1.54) is 23.2 Å². The second-order valence-electron chi connectivity index (χ2n) is 3.55. The molecule has 0 fully saturated rings. The molecule has 3 nitrogen and oxygen atoms in total. The van der Waals surface area contributed by atoms with E-state index in [1.807, 2.05) is 6.07 Å². The number of anilines is 1. The van der Waals surface area contributed by atoms with Gasteiger partial charge in [0.05, 0.1) is 11.9 Å². The molecule has 0 aliphatic heterocycles. The Kier molecular flexibility index (Phi) is 4.32. The Morgan fingerprint density at radius 1 is 1.41 bits per heavy atom. The van der Waals surface area contributed by atoms with E-state index in [-0.39, 0.29) is 5.69 Å². The Balaban J connectivity index is 2.86. The maximum atomic E-state index is 12.3. The molecule has 0 bridgehead atoms. The summed E-state index contributed by atoms with van der Waals surface area (Å²) in [5.74, 6) is 0. The molecule has 0 amide bonds. The fraction of sp³-hybridized carbons (Fsp3) is 0.455. The first kappa shape index (κ1) is 13.3. The van der Waals surface area contributed by atoms with E-state index < -0.39 is 12.7 Å². The lowest BCUT2D eigenvalue weighted by molar-refractivity contribution is -0.119. The summed E-state index contributed by atoms with van der Waals surface area (Å²) in [6, 6.07) is 4.71. The number of aromatic nitrogens is 1. The fourth-order valence-corrected chi connectivity index (χ4v) is 1.43. The Hall–Kier alpha value is -1.77. The van der Waals surface area contributed by atoms with Gasteiger partial charge in [0.15, 0.2) is 0 Å². The van der Waals surface area contributed by atoms with Gasteiger partial charge in [-0.2, -0.15) is 18.4 Å². The fourth-order valence-electron chi connectivity index (χ4n) is 1.43. The number of pyridine rings is 1. The van der Waals surface area contributed by atoms with Crippen molar-refractivity contribution in [1.82, 2.24) is 4.98 Å².